The van der Waals surface area contributed by atoms with E-state index in [1.807, 2.05) is 0 Å². The molecule has 3 rings (SSSR count). The molecule has 26 heavy (non-hydrogen) atoms. The summed E-state index contributed by atoms with van der Waals surface area (Å²) in [5.74, 6) is 0.300. The monoisotopic (exact) mass is 378 g/mol. The van der Waals surface area contributed by atoms with Crippen LogP contribution < -0.4 is 5.32 Å². The number of hydrogen-bond acceptors (Lipinski definition) is 3. The molecule has 0 spiro atoms. The van der Waals surface area contributed by atoms with Crippen LogP contribution in [0.25, 0.3) is 0 Å². The molecule has 1 aromatic carbocycles. The number of carbonyl (C=O) groups excluding carboxylic acids is 1. The summed E-state index contributed by atoms with van der Waals surface area (Å²) >= 11 is 0. The van der Waals surface area contributed by atoms with Gasteiger partial charge in [0.1, 0.15) is 0 Å². The zero-order valence-corrected chi connectivity index (χ0v) is 16.6. The van der Waals surface area contributed by atoms with Crippen LogP contribution in [0.4, 0.5) is 0 Å². The molecule has 0 unspecified atom stereocenters. The van der Waals surface area contributed by atoms with Gasteiger partial charge in [0.25, 0.3) is 5.91 Å². The standard InChI is InChI=1S/C20H30N2O3S/c1-15-8-4-5-9-18(15)21-20(23)17-11-10-16(2)19(14-17)26(24,25)22-12-6-3-7-13-22/h10-11,14-15,18H,3-9,12-13H2,1-2H3,(H,21,23)/t15-,18-/m0/s1. The van der Waals surface area contributed by atoms with E-state index in [1.54, 1.807) is 29.4 Å². The summed E-state index contributed by atoms with van der Waals surface area (Å²) in [6.45, 7) is 5.10. The highest BCUT2D eigenvalue weighted by atomic mass is 32.2. The Morgan fingerprint density at radius 3 is 2.46 bits per heavy atom. The molecule has 1 aliphatic heterocycles. The van der Waals surface area contributed by atoms with E-state index in [9.17, 15) is 13.2 Å². The average molecular weight is 379 g/mol. The Kier molecular flexibility index (Phi) is 6.03. The first kappa shape index (κ1) is 19.4. The van der Waals surface area contributed by atoms with Crippen LogP contribution in [0.15, 0.2) is 23.1 Å². The zero-order valence-electron chi connectivity index (χ0n) is 15.8. The van der Waals surface area contributed by atoms with Crippen LogP contribution in [0.5, 0.6) is 0 Å². The summed E-state index contributed by atoms with van der Waals surface area (Å²) in [7, 11) is -3.54. The lowest BCUT2D eigenvalue weighted by Gasteiger charge is -2.29. The van der Waals surface area contributed by atoms with Crippen LogP contribution in [0.2, 0.25) is 0 Å². The lowest BCUT2D eigenvalue weighted by Crippen LogP contribution is -2.41. The third-order valence-electron chi connectivity index (χ3n) is 5.81. The van der Waals surface area contributed by atoms with Crippen LogP contribution in [0, 0.1) is 12.8 Å². The van der Waals surface area contributed by atoms with Crippen molar-refractivity contribution in [2.75, 3.05) is 13.1 Å². The second-order valence-corrected chi connectivity index (χ2v) is 9.69. The molecule has 1 amide bonds. The van der Waals surface area contributed by atoms with Crippen molar-refractivity contribution < 1.29 is 13.2 Å². The minimum absolute atomic E-state index is 0.168. The lowest BCUT2D eigenvalue weighted by atomic mass is 9.86. The molecule has 1 saturated heterocycles. The van der Waals surface area contributed by atoms with Gasteiger partial charge < -0.3 is 5.32 Å². The maximum atomic E-state index is 13.0. The third kappa shape index (κ3) is 4.12. The van der Waals surface area contributed by atoms with E-state index in [0.717, 1.165) is 38.5 Å². The largest absolute Gasteiger partial charge is 0.349 e. The van der Waals surface area contributed by atoms with Gasteiger partial charge in [-0.3, -0.25) is 4.79 Å². The normalized spacial score (nSPS) is 25.0. The molecule has 0 bridgehead atoms. The second-order valence-electron chi connectivity index (χ2n) is 7.79. The van der Waals surface area contributed by atoms with Gasteiger partial charge in [-0.15, -0.1) is 0 Å². The summed E-state index contributed by atoms with van der Waals surface area (Å²) in [5, 5.41) is 3.12. The van der Waals surface area contributed by atoms with E-state index in [4.69, 9.17) is 0 Å². The van der Waals surface area contributed by atoms with E-state index in [1.165, 1.54) is 6.42 Å². The van der Waals surface area contributed by atoms with Gasteiger partial charge in [-0.25, -0.2) is 8.42 Å². The fraction of sp³-hybridized carbons (Fsp3) is 0.650. The number of piperidine rings is 1. The molecule has 2 fully saturated rings. The molecular weight excluding hydrogens is 348 g/mol. The van der Waals surface area contributed by atoms with Gasteiger partial charge in [0.2, 0.25) is 10.0 Å². The average Bonchev–Trinajstić information content (AvgIpc) is 2.64. The quantitative estimate of drug-likeness (QED) is 0.872. The molecular formula is C20H30N2O3S. The van der Waals surface area contributed by atoms with Gasteiger partial charge >= 0.3 is 0 Å². The zero-order chi connectivity index (χ0) is 18.7. The summed E-state index contributed by atoms with van der Waals surface area (Å²) in [4.78, 5) is 13.0. The van der Waals surface area contributed by atoms with Crippen molar-refractivity contribution in [3.8, 4) is 0 Å². The Morgan fingerprint density at radius 2 is 1.77 bits per heavy atom. The minimum atomic E-state index is -3.54. The number of hydrogen-bond donors (Lipinski definition) is 1. The number of rotatable bonds is 4. The summed E-state index contributed by atoms with van der Waals surface area (Å²) in [6, 6.07) is 5.21. The molecule has 144 valence electrons. The topological polar surface area (TPSA) is 66.5 Å². The van der Waals surface area contributed by atoms with Gasteiger partial charge in [-0.1, -0.05) is 32.3 Å². The van der Waals surface area contributed by atoms with E-state index in [2.05, 4.69) is 12.2 Å². The number of carbonyl (C=O) groups is 1. The molecule has 2 atom stereocenters. The van der Waals surface area contributed by atoms with Crippen molar-refractivity contribution in [2.24, 2.45) is 5.92 Å². The van der Waals surface area contributed by atoms with Crippen molar-refractivity contribution in [3.63, 3.8) is 0 Å². The SMILES string of the molecule is Cc1ccc(C(=O)N[C@H]2CCCC[C@@H]2C)cc1S(=O)(=O)N1CCCCC1. The predicted molar refractivity (Wildman–Crippen MR) is 103 cm³/mol. The van der Waals surface area contributed by atoms with Crippen molar-refractivity contribution in [1.29, 1.82) is 0 Å². The van der Waals surface area contributed by atoms with Crippen molar-refractivity contribution >= 4 is 15.9 Å². The Balaban J connectivity index is 1.81. The van der Waals surface area contributed by atoms with E-state index >= 15 is 0 Å². The molecule has 6 heteroatoms. The van der Waals surface area contributed by atoms with Crippen LogP contribution >= 0.6 is 0 Å². The van der Waals surface area contributed by atoms with Crippen LogP contribution in [0.3, 0.4) is 0 Å². The van der Waals surface area contributed by atoms with Crippen LogP contribution in [-0.4, -0.2) is 37.8 Å². The number of nitrogens with zero attached hydrogens (tertiary/aromatic N) is 1. The molecule has 1 aliphatic carbocycles. The van der Waals surface area contributed by atoms with Crippen molar-refractivity contribution in [3.05, 3.63) is 29.3 Å². The highest BCUT2D eigenvalue weighted by Gasteiger charge is 2.29. The smallest absolute Gasteiger partial charge is 0.251 e. The number of benzene rings is 1. The second kappa shape index (κ2) is 8.09. The Hall–Kier alpha value is -1.40. The van der Waals surface area contributed by atoms with Gasteiger partial charge in [-0.05, 0) is 56.2 Å². The maximum Gasteiger partial charge on any atom is 0.251 e. The number of nitrogens with one attached hydrogen (secondary N) is 1. The highest BCUT2D eigenvalue weighted by molar-refractivity contribution is 7.89. The first-order chi connectivity index (χ1) is 12.4. The summed E-state index contributed by atoms with van der Waals surface area (Å²) in [6.07, 6.45) is 7.36. The number of sulfonamides is 1. The van der Waals surface area contributed by atoms with E-state index in [0.29, 0.717) is 30.1 Å². The molecule has 5 nitrogen and oxygen atoms in total. The molecule has 1 saturated carbocycles. The summed E-state index contributed by atoms with van der Waals surface area (Å²) in [5.41, 5.74) is 1.13. The van der Waals surface area contributed by atoms with Gasteiger partial charge in [-0.2, -0.15) is 4.31 Å². The molecule has 1 heterocycles. The van der Waals surface area contributed by atoms with Gasteiger partial charge in [0.15, 0.2) is 0 Å². The van der Waals surface area contributed by atoms with Gasteiger partial charge in [0, 0.05) is 24.7 Å². The number of aryl methyl sites for hydroxylation is 1. The molecule has 1 N–H and O–H groups in total. The first-order valence-electron chi connectivity index (χ1n) is 9.81. The Labute approximate surface area is 157 Å². The lowest BCUT2D eigenvalue weighted by molar-refractivity contribution is 0.0910. The third-order valence-corrected chi connectivity index (χ3v) is 7.85. The van der Waals surface area contributed by atoms with E-state index in [-0.39, 0.29) is 16.8 Å². The molecule has 0 radical (unpaired) electrons. The Bertz CT molecular complexity index is 754. The molecule has 1 aromatic rings. The summed E-state index contributed by atoms with van der Waals surface area (Å²) < 4.78 is 27.6. The highest BCUT2D eigenvalue weighted by Crippen LogP contribution is 2.26. The predicted octanol–water partition coefficient (Wildman–Crippen LogP) is 3.48. The first-order valence-corrected chi connectivity index (χ1v) is 11.3. The molecule has 0 aromatic heterocycles. The number of amides is 1. The van der Waals surface area contributed by atoms with Crippen molar-refractivity contribution in [2.45, 2.75) is 69.7 Å². The van der Waals surface area contributed by atoms with E-state index < -0.39 is 10.0 Å². The van der Waals surface area contributed by atoms with Crippen LogP contribution in [0.1, 0.15) is 67.8 Å². The molecule has 2 aliphatic rings. The van der Waals surface area contributed by atoms with Crippen molar-refractivity contribution in [1.82, 2.24) is 9.62 Å². The van der Waals surface area contributed by atoms with Gasteiger partial charge in [0.05, 0.1) is 4.90 Å². The Morgan fingerprint density at radius 1 is 1.08 bits per heavy atom. The maximum absolute atomic E-state index is 13.0. The minimum Gasteiger partial charge on any atom is -0.349 e. The fourth-order valence-electron chi connectivity index (χ4n) is 4.05. The fourth-order valence-corrected chi connectivity index (χ4v) is 5.81. The van der Waals surface area contributed by atoms with Crippen LogP contribution in [-0.2, 0) is 10.0 Å².